The lowest BCUT2D eigenvalue weighted by molar-refractivity contribution is 0.267. The molecule has 10 heavy (non-hydrogen) atoms. The minimum Gasteiger partial charge on any atom is -0.314 e. The SMILES string of the molecule is CC[C@@H]1CCCN[C@H]1CC. The first-order valence-electron chi connectivity index (χ1n) is 4.61. The largest absolute Gasteiger partial charge is 0.314 e. The molecular formula is C9H19N. The van der Waals surface area contributed by atoms with Crippen molar-refractivity contribution in [3.05, 3.63) is 0 Å². The van der Waals surface area contributed by atoms with Crippen LogP contribution in [0.2, 0.25) is 0 Å². The fourth-order valence-electron chi connectivity index (χ4n) is 1.99. The summed E-state index contributed by atoms with van der Waals surface area (Å²) >= 11 is 0. The number of hydrogen-bond acceptors (Lipinski definition) is 1. The van der Waals surface area contributed by atoms with Crippen LogP contribution < -0.4 is 5.32 Å². The Morgan fingerprint density at radius 1 is 1.30 bits per heavy atom. The van der Waals surface area contributed by atoms with Gasteiger partial charge >= 0.3 is 0 Å². The van der Waals surface area contributed by atoms with E-state index in [-0.39, 0.29) is 0 Å². The van der Waals surface area contributed by atoms with Gasteiger partial charge in [0.25, 0.3) is 0 Å². The smallest absolute Gasteiger partial charge is 0.00926 e. The van der Waals surface area contributed by atoms with Gasteiger partial charge in [0, 0.05) is 6.04 Å². The van der Waals surface area contributed by atoms with E-state index in [4.69, 9.17) is 0 Å². The second kappa shape index (κ2) is 3.97. The third-order valence-corrected chi connectivity index (χ3v) is 2.69. The second-order valence-electron chi connectivity index (χ2n) is 3.28. The summed E-state index contributed by atoms with van der Waals surface area (Å²) in [6.07, 6.45) is 5.49. The molecule has 60 valence electrons. The molecule has 1 N–H and O–H groups in total. The van der Waals surface area contributed by atoms with Crippen LogP contribution in [0.15, 0.2) is 0 Å². The van der Waals surface area contributed by atoms with Crippen LogP contribution in [0.3, 0.4) is 0 Å². The van der Waals surface area contributed by atoms with E-state index in [0.29, 0.717) is 0 Å². The molecule has 0 amide bonds. The molecule has 0 spiro atoms. The van der Waals surface area contributed by atoms with Crippen LogP contribution in [0.5, 0.6) is 0 Å². The van der Waals surface area contributed by atoms with Crippen LogP contribution in [0.1, 0.15) is 39.5 Å². The van der Waals surface area contributed by atoms with Crippen molar-refractivity contribution < 1.29 is 0 Å². The quantitative estimate of drug-likeness (QED) is 0.621. The van der Waals surface area contributed by atoms with Gasteiger partial charge in [0.05, 0.1) is 0 Å². The average Bonchev–Trinajstić information content (AvgIpc) is 2.04. The maximum atomic E-state index is 3.57. The third kappa shape index (κ3) is 1.72. The maximum Gasteiger partial charge on any atom is 0.00926 e. The van der Waals surface area contributed by atoms with Crippen molar-refractivity contribution in [2.75, 3.05) is 6.54 Å². The highest BCUT2D eigenvalue weighted by molar-refractivity contribution is 4.78. The highest BCUT2D eigenvalue weighted by Gasteiger charge is 2.20. The minimum absolute atomic E-state index is 0.818. The van der Waals surface area contributed by atoms with E-state index in [1.165, 1.54) is 32.2 Å². The molecule has 0 bridgehead atoms. The van der Waals surface area contributed by atoms with Gasteiger partial charge in [0.2, 0.25) is 0 Å². The Balaban J connectivity index is 2.34. The van der Waals surface area contributed by atoms with Crippen molar-refractivity contribution in [2.24, 2.45) is 5.92 Å². The molecule has 1 aliphatic heterocycles. The van der Waals surface area contributed by atoms with Crippen molar-refractivity contribution in [2.45, 2.75) is 45.6 Å². The lowest BCUT2D eigenvalue weighted by Gasteiger charge is -2.31. The molecule has 0 aliphatic carbocycles. The van der Waals surface area contributed by atoms with Gasteiger partial charge in [-0.05, 0) is 31.7 Å². The van der Waals surface area contributed by atoms with Gasteiger partial charge in [-0.1, -0.05) is 20.3 Å². The van der Waals surface area contributed by atoms with E-state index < -0.39 is 0 Å². The van der Waals surface area contributed by atoms with Gasteiger partial charge in [-0.3, -0.25) is 0 Å². The summed E-state index contributed by atoms with van der Waals surface area (Å²) in [7, 11) is 0. The molecule has 0 aromatic rings. The van der Waals surface area contributed by atoms with E-state index in [2.05, 4.69) is 19.2 Å². The topological polar surface area (TPSA) is 12.0 Å². The highest BCUT2D eigenvalue weighted by Crippen LogP contribution is 2.21. The Hall–Kier alpha value is -0.0400. The lowest BCUT2D eigenvalue weighted by Crippen LogP contribution is -2.40. The van der Waals surface area contributed by atoms with Crippen molar-refractivity contribution in [3.8, 4) is 0 Å². The van der Waals surface area contributed by atoms with Gasteiger partial charge in [-0.15, -0.1) is 0 Å². The summed E-state index contributed by atoms with van der Waals surface area (Å²) in [5, 5.41) is 3.57. The van der Waals surface area contributed by atoms with E-state index in [1.54, 1.807) is 0 Å². The number of nitrogens with one attached hydrogen (secondary N) is 1. The summed E-state index contributed by atoms with van der Waals surface area (Å²) in [6.45, 7) is 5.83. The normalized spacial score (nSPS) is 34.2. The van der Waals surface area contributed by atoms with Gasteiger partial charge in [0.15, 0.2) is 0 Å². The zero-order valence-corrected chi connectivity index (χ0v) is 7.19. The predicted molar refractivity (Wildman–Crippen MR) is 45.1 cm³/mol. The molecule has 0 aromatic carbocycles. The van der Waals surface area contributed by atoms with Crippen molar-refractivity contribution in [3.63, 3.8) is 0 Å². The third-order valence-electron chi connectivity index (χ3n) is 2.69. The predicted octanol–water partition coefficient (Wildman–Crippen LogP) is 2.17. The van der Waals surface area contributed by atoms with Crippen molar-refractivity contribution >= 4 is 0 Å². The first-order valence-corrected chi connectivity index (χ1v) is 4.61. The molecular weight excluding hydrogens is 122 g/mol. The van der Waals surface area contributed by atoms with Crippen molar-refractivity contribution in [1.29, 1.82) is 0 Å². The van der Waals surface area contributed by atoms with Gasteiger partial charge in [-0.2, -0.15) is 0 Å². The summed E-state index contributed by atoms with van der Waals surface area (Å²) in [4.78, 5) is 0. The molecule has 0 saturated carbocycles. The molecule has 1 fully saturated rings. The van der Waals surface area contributed by atoms with Gasteiger partial charge in [-0.25, -0.2) is 0 Å². The maximum absolute atomic E-state index is 3.57. The van der Waals surface area contributed by atoms with Crippen LogP contribution in [-0.4, -0.2) is 12.6 Å². The van der Waals surface area contributed by atoms with Crippen LogP contribution in [0, 0.1) is 5.92 Å². The summed E-state index contributed by atoms with van der Waals surface area (Å²) in [5.74, 6) is 0.957. The molecule has 1 heterocycles. The lowest BCUT2D eigenvalue weighted by atomic mass is 9.87. The molecule has 1 nitrogen and oxygen atoms in total. The zero-order valence-electron chi connectivity index (χ0n) is 7.19. The van der Waals surface area contributed by atoms with Crippen LogP contribution in [0.4, 0.5) is 0 Å². The average molecular weight is 141 g/mol. The Morgan fingerprint density at radius 2 is 2.10 bits per heavy atom. The Morgan fingerprint density at radius 3 is 2.60 bits per heavy atom. The Bertz CT molecular complexity index is 78.7. The van der Waals surface area contributed by atoms with E-state index in [1.807, 2.05) is 0 Å². The number of hydrogen-bond donors (Lipinski definition) is 1. The van der Waals surface area contributed by atoms with Gasteiger partial charge in [0.1, 0.15) is 0 Å². The molecule has 0 aromatic heterocycles. The van der Waals surface area contributed by atoms with Crippen molar-refractivity contribution in [1.82, 2.24) is 5.32 Å². The molecule has 2 atom stereocenters. The summed E-state index contributed by atoms with van der Waals surface area (Å²) in [6, 6.07) is 0.818. The molecule has 1 heteroatoms. The van der Waals surface area contributed by atoms with E-state index >= 15 is 0 Å². The van der Waals surface area contributed by atoms with Gasteiger partial charge < -0.3 is 5.32 Å². The standard InChI is InChI=1S/C9H19N/c1-3-8-6-5-7-10-9(8)4-2/h8-10H,3-7H2,1-2H3/t8-,9+/m1/s1. The highest BCUT2D eigenvalue weighted by atomic mass is 14.9. The fourth-order valence-corrected chi connectivity index (χ4v) is 1.99. The minimum atomic E-state index is 0.818. The van der Waals surface area contributed by atoms with Crippen LogP contribution in [0.25, 0.3) is 0 Å². The first kappa shape index (κ1) is 8.06. The zero-order chi connectivity index (χ0) is 7.40. The monoisotopic (exact) mass is 141 g/mol. The molecule has 1 saturated heterocycles. The molecule has 1 rings (SSSR count). The fraction of sp³-hybridized carbons (Fsp3) is 1.00. The summed E-state index contributed by atoms with van der Waals surface area (Å²) < 4.78 is 0. The first-order chi connectivity index (χ1) is 4.88. The Kier molecular flexibility index (Phi) is 3.20. The molecule has 1 aliphatic rings. The molecule has 0 radical (unpaired) electrons. The van der Waals surface area contributed by atoms with Crippen LogP contribution >= 0.6 is 0 Å². The molecule has 0 unspecified atom stereocenters. The number of rotatable bonds is 2. The second-order valence-corrected chi connectivity index (χ2v) is 3.28. The van der Waals surface area contributed by atoms with E-state index in [0.717, 1.165) is 12.0 Å². The van der Waals surface area contributed by atoms with Crippen LogP contribution in [-0.2, 0) is 0 Å². The summed E-state index contributed by atoms with van der Waals surface area (Å²) in [5.41, 5.74) is 0. The van der Waals surface area contributed by atoms with E-state index in [9.17, 15) is 0 Å². The Labute approximate surface area is 64.2 Å². The number of piperidine rings is 1.